The molecule has 0 atom stereocenters. The molecule has 6 heteroatoms. The van der Waals surface area contributed by atoms with Gasteiger partial charge in [0.15, 0.2) is 0 Å². The molecular formula is C20H15FN4O. The molecule has 2 aromatic carbocycles. The van der Waals surface area contributed by atoms with Crippen LogP contribution in [0.4, 0.5) is 15.9 Å². The van der Waals surface area contributed by atoms with Crippen molar-refractivity contribution in [3.8, 4) is 6.07 Å². The van der Waals surface area contributed by atoms with Crippen LogP contribution < -0.4 is 10.6 Å². The van der Waals surface area contributed by atoms with E-state index in [0.717, 1.165) is 5.56 Å². The predicted octanol–water partition coefficient (Wildman–Crippen LogP) is 3.77. The number of amides is 1. The van der Waals surface area contributed by atoms with Crippen LogP contribution in [0.15, 0.2) is 66.9 Å². The summed E-state index contributed by atoms with van der Waals surface area (Å²) in [6.07, 6.45) is 1.55. The topological polar surface area (TPSA) is 77.8 Å². The van der Waals surface area contributed by atoms with Crippen molar-refractivity contribution in [3.05, 3.63) is 89.4 Å². The lowest BCUT2D eigenvalue weighted by Crippen LogP contribution is -2.24. The van der Waals surface area contributed by atoms with Crippen LogP contribution in [0.2, 0.25) is 0 Å². The van der Waals surface area contributed by atoms with Gasteiger partial charge >= 0.3 is 0 Å². The Hall–Kier alpha value is -3.72. The summed E-state index contributed by atoms with van der Waals surface area (Å²) in [5, 5.41) is 14.6. The van der Waals surface area contributed by atoms with Gasteiger partial charge in [-0.3, -0.25) is 4.79 Å². The zero-order valence-corrected chi connectivity index (χ0v) is 13.7. The molecule has 0 radical (unpaired) electrons. The summed E-state index contributed by atoms with van der Waals surface area (Å²) in [5.41, 5.74) is 2.30. The Balaban J connectivity index is 1.72. The maximum absolute atomic E-state index is 13.3. The molecular weight excluding hydrogens is 331 g/mol. The van der Waals surface area contributed by atoms with Gasteiger partial charge in [-0.2, -0.15) is 5.26 Å². The number of nitriles is 1. The summed E-state index contributed by atoms with van der Waals surface area (Å²) in [6, 6.07) is 18.2. The monoisotopic (exact) mass is 346 g/mol. The number of rotatable bonds is 5. The normalized spacial score (nSPS) is 10.0. The first-order chi connectivity index (χ1) is 12.7. The van der Waals surface area contributed by atoms with E-state index in [-0.39, 0.29) is 11.7 Å². The number of hydrogen-bond donors (Lipinski definition) is 2. The molecule has 0 aliphatic carbocycles. The number of carbonyl (C=O) groups excluding carboxylic acids is 1. The summed E-state index contributed by atoms with van der Waals surface area (Å²) in [6.45, 7) is 0.318. The molecule has 5 nitrogen and oxygen atoms in total. The Kier molecular flexibility index (Phi) is 5.20. The predicted molar refractivity (Wildman–Crippen MR) is 96.2 cm³/mol. The standard InChI is InChI=1S/C20H15FN4O/c21-16-3-1-4-17(11-16)25-19-18(5-2-10-23-19)20(26)24-13-15-8-6-14(12-22)7-9-15/h1-11H,13H2,(H,23,25)(H,24,26). The van der Waals surface area contributed by atoms with Crippen molar-refractivity contribution in [1.29, 1.82) is 5.26 Å². The summed E-state index contributed by atoms with van der Waals surface area (Å²) < 4.78 is 13.3. The van der Waals surface area contributed by atoms with E-state index in [0.29, 0.717) is 29.2 Å². The number of nitrogens with one attached hydrogen (secondary N) is 2. The molecule has 128 valence electrons. The van der Waals surface area contributed by atoms with Crippen LogP contribution in [-0.2, 0) is 6.54 Å². The fourth-order valence-electron chi connectivity index (χ4n) is 2.37. The zero-order valence-electron chi connectivity index (χ0n) is 13.7. The lowest BCUT2D eigenvalue weighted by molar-refractivity contribution is 0.0951. The largest absolute Gasteiger partial charge is 0.348 e. The molecule has 0 fully saturated rings. The second-order valence-electron chi connectivity index (χ2n) is 5.53. The number of pyridine rings is 1. The number of benzene rings is 2. The van der Waals surface area contributed by atoms with Gasteiger partial charge in [-0.15, -0.1) is 0 Å². The summed E-state index contributed by atoms with van der Waals surface area (Å²) in [4.78, 5) is 16.7. The van der Waals surface area contributed by atoms with Crippen molar-refractivity contribution in [2.45, 2.75) is 6.54 Å². The fraction of sp³-hybridized carbons (Fsp3) is 0.0500. The van der Waals surface area contributed by atoms with Gasteiger partial charge in [-0.05, 0) is 48.0 Å². The average Bonchev–Trinajstić information content (AvgIpc) is 2.67. The number of halogens is 1. The Labute approximate surface area is 150 Å². The lowest BCUT2D eigenvalue weighted by atomic mass is 10.1. The molecule has 0 bridgehead atoms. The highest BCUT2D eigenvalue weighted by Crippen LogP contribution is 2.19. The molecule has 1 aromatic heterocycles. The molecule has 0 aliphatic heterocycles. The highest BCUT2D eigenvalue weighted by molar-refractivity contribution is 5.99. The van der Waals surface area contributed by atoms with Crippen molar-refractivity contribution < 1.29 is 9.18 Å². The zero-order chi connectivity index (χ0) is 18.4. The summed E-state index contributed by atoms with van der Waals surface area (Å²) >= 11 is 0. The van der Waals surface area contributed by atoms with E-state index in [1.54, 1.807) is 54.7 Å². The molecule has 2 N–H and O–H groups in total. The smallest absolute Gasteiger partial charge is 0.255 e. The third-order valence-electron chi connectivity index (χ3n) is 3.68. The van der Waals surface area contributed by atoms with Crippen molar-refractivity contribution in [2.24, 2.45) is 0 Å². The summed E-state index contributed by atoms with van der Waals surface area (Å²) in [5.74, 6) is -0.338. The van der Waals surface area contributed by atoms with Crippen molar-refractivity contribution in [2.75, 3.05) is 5.32 Å². The molecule has 0 spiro atoms. The van der Waals surface area contributed by atoms with Crippen LogP contribution in [0.1, 0.15) is 21.5 Å². The first kappa shape index (κ1) is 17.1. The van der Waals surface area contributed by atoms with E-state index in [4.69, 9.17) is 5.26 Å². The van der Waals surface area contributed by atoms with Gasteiger partial charge in [0.05, 0.1) is 17.2 Å². The third kappa shape index (κ3) is 4.22. The fourth-order valence-corrected chi connectivity index (χ4v) is 2.37. The maximum atomic E-state index is 13.3. The van der Waals surface area contributed by atoms with Crippen LogP contribution in [-0.4, -0.2) is 10.9 Å². The van der Waals surface area contributed by atoms with Crippen LogP contribution in [0.25, 0.3) is 0 Å². The van der Waals surface area contributed by atoms with Crippen LogP contribution in [0.5, 0.6) is 0 Å². The number of anilines is 2. The van der Waals surface area contributed by atoms with E-state index in [1.807, 2.05) is 6.07 Å². The number of nitrogens with zero attached hydrogens (tertiary/aromatic N) is 2. The van der Waals surface area contributed by atoms with Gasteiger partial charge in [0.2, 0.25) is 0 Å². The van der Waals surface area contributed by atoms with E-state index in [1.165, 1.54) is 12.1 Å². The molecule has 1 heterocycles. The summed E-state index contributed by atoms with van der Waals surface area (Å²) in [7, 11) is 0. The molecule has 0 unspecified atom stereocenters. The van der Waals surface area contributed by atoms with Gasteiger partial charge in [0, 0.05) is 18.4 Å². The number of carbonyl (C=O) groups is 1. The van der Waals surface area contributed by atoms with Gasteiger partial charge in [0.25, 0.3) is 5.91 Å². The molecule has 26 heavy (non-hydrogen) atoms. The number of hydrogen-bond acceptors (Lipinski definition) is 4. The molecule has 0 saturated heterocycles. The van der Waals surface area contributed by atoms with E-state index < -0.39 is 0 Å². The average molecular weight is 346 g/mol. The highest BCUT2D eigenvalue weighted by Gasteiger charge is 2.12. The van der Waals surface area contributed by atoms with Crippen molar-refractivity contribution in [1.82, 2.24) is 10.3 Å². The third-order valence-corrected chi connectivity index (χ3v) is 3.68. The minimum Gasteiger partial charge on any atom is -0.348 e. The van der Waals surface area contributed by atoms with Crippen LogP contribution in [0.3, 0.4) is 0 Å². The van der Waals surface area contributed by atoms with Crippen LogP contribution >= 0.6 is 0 Å². The van der Waals surface area contributed by atoms with E-state index >= 15 is 0 Å². The highest BCUT2D eigenvalue weighted by atomic mass is 19.1. The second-order valence-corrected chi connectivity index (χ2v) is 5.53. The SMILES string of the molecule is N#Cc1ccc(CNC(=O)c2cccnc2Nc2cccc(F)c2)cc1. The Morgan fingerprint density at radius 1 is 1.12 bits per heavy atom. The molecule has 0 saturated carbocycles. The van der Waals surface area contributed by atoms with Crippen molar-refractivity contribution in [3.63, 3.8) is 0 Å². The van der Waals surface area contributed by atoms with Gasteiger partial charge in [-0.25, -0.2) is 9.37 Å². The van der Waals surface area contributed by atoms with Gasteiger partial charge in [0.1, 0.15) is 11.6 Å². The minimum absolute atomic E-state index is 0.304. The van der Waals surface area contributed by atoms with E-state index in [2.05, 4.69) is 15.6 Å². The molecule has 1 amide bonds. The molecule has 0 aliphatic rings. The van der Waals surface area contributed by atoms with Gasteiger partial charge < -0.3 is 10.6 Å². The first-order valence-electron chi connectivity index (χ1n) is 7.90. The minimum atomic E-state index is -0.377. The Morgan fingerprint density at radius 3 is 2.65 bits per heavy atom. The number of aromatic nitrogens is 1. The quantitative estimate of drug-likeness (QED) is 0.737. The van der Waals surface area contributed by atoms with Crippen molar-refractivity contribution >= 4 is 17.4 Å². The second kappa shape index (κ2) is 7.90. The maximum Gasteiger partial charge on any atom is 0.255 e. The first-order valence-corrected chi connectivity index (χ1v) is 7.90. The van der Waals surface area contributed by atoms with Crippen LogP contribution in [0, 0.1) is 17.1 Å². The lowest BCUT2D eigenvalue weighted by Gasteiger charge is -2.11. The van der Waals surface area contributed by atoms with Gasteiger partial charge in [-0.1, -0.05) is 18.2 Å². The molecule has 3 rings (SSSR count). The molecule has 3 aromatic rings. The van der Waals surface area contributed by atoms with E-state index in [9.17, 15) is 9.18 Å². The Morgan fingerprint density at radius 2 is 1.92 bits per heavy atom. The Bertz CT molecular complexity index is 964.